The van der Waals surface area contributed by atoms with E-state index in [0.29, 0.717) is 12.1 Å². The van der Waals surface area contributed by atoms with E-state index in [2.05, 4.69) is 4.98 Å². The van der Waals surface area contributed by atoms with Gasteiger partial charge in [0, 0.05) is 11.8 Å². The molecule has 0 unspecified atom stereocenters. The molecule has 0 saturated carbocycles. The predicted octanol–water partition coefficient (Wildman–Crippen LogP) is 0.489. The Morgan fingerprint density at radius 2 is 2.31 bits per heavy atom. The Labute approximate surface area is 74.2 Å². The Hall–Kier alpha value is -1.58. The molecule has 68 valence electrons. The Bertz CT molecular complexity index is 408. The normalized spacial score (nSPS) is 19.8. The van der Waals surface area contributed by atoms with Gasteiger partial charge in [-0.15, -0.1) is 0 Å². The summed E-state index contributed by atoms with van der Waals surface area (Å²) in [6, 6.07) is 3.14. The number of aryl methyl sites for hydroxylation is 1. The summed E-state index contributed by atoms with van der Waals surface area (Å²) in [5, 5.41) is 8.83. The molecule has 1 aliphatic carbocycles. The lowest BCUT2D eigenvalue weighted by molar-refractivity contribution is -0.138. The number of aromatic nitrogens is 1. The predicted molar refractivity (Wildman–Crippen MR) is 45.8 cm³/mol. The number of hydrogen-bond donors (Lipinski definition) is 2. The molecule has 2 N–H and O–H groups in total. The van der Waals surface area contributed by atoms with Crippen LogP contribution in [0.1, 0.15) is 23.6 Å². The van der Waals surface area contributed by atoms with Gasteiger partial charge in [0.05, 0.1) is 5.92 Å². The summed E-state index contributed by atoms with van der Waals surface area (Å²) in [4.78, 5) is 24.3. The molecule has 1 aromatic rings. The van der Waals surface area contributed by atoms with Crippen LogP contribution in [0.3, 0.4) is 0 Å². The third-order valence-electron chi connectivity index (χ3n) is 2.39. The van der Waals surface area contributed by atoms with Crippen LogP contribution >= 0.6 is 0 Å². The van der Waals surface area contributed by atoms with Crippen molar-refractivity contribution < 1.29 is 9.90 Å². The van der Waals surface area contributed by atoms with Crippen LogP contribution in [0, 0.1) is 0 Å². The molecule has 1 atom stereocenters. The van der Waals surface area contributed by atoms with Gasteiger partial charge in [-0.25, -0.2) is 0 Å². The number of carboxylic acids is 1. The maximum atomic E-state index is 10.9. The molecule has 0 radical (unpaired) electrons. The van der Waals surface area contributed by atoms with Gasteiger partial charge in [0.2, 0.25) is 5.56 Å². The molecule has 1 aromatic heterocycles. The molecule has 0 aliphatic heterocycles. The van der Waals surface area contributed by atoms with Crippen LogP contribution in [0.5, 0.6) is 0 Å². The van der Waals surface area contributed by atoms with Crippen molar-refractivity contribution in [1.82, 2.24) is 4.98 Å². The minimum absolute atomic E-state index is 0.230. The highest BCUT2D eigenvalue weighted by Gasteiger charge is 2.28. The van der Waals surface area contributed by atoms with E-state index in [1.165, 1.54) is 6.07 Å². The number of carbonyl (C=O) groups is 1. The second kappa shape index (κ2) is 2.73. The van der Waals surface area contributed by atoms with Gasteiger partial charge in [0.1, 0.15) is 0 Å². The summed E-state index contributed by atoms with van der Waals surface area (Å²) < 4.78 is 0. The van der Waals surface area contributed by atoms with Gasteiger partial charge in [-0.05, 0) is 18.4 Å². The SMILES string of the molecule is O=C(O)[C@H]1CCc2ccc(=O)[nH]c21. The summed E-state index contributed by atoms with van der Waals surface area (Å²) >= 11 is 0. The molecule has 0 fully saturated rings. The number of pyridine rings is 1. The summed E-state index contributed by atoms with van der Waals surface area (Å²) in [6.45, 7) is 0. The molecule has 4 nitrogen and oxygen atoms in total. The molecule has 0 amide bonds. The molecule has 13 heavy (non-hydrogen) atoms. The van der Waals surface area contributed by atoms with Crippen molar-refractivity contribution in [2.45, 2.75) is 18.8 Å². The Morgan fingerprint density at radius 1 is 1.54 bits per heavy atom. The molecule has 0 spiro atoms. The number of aromatic amines is 1. The van der Waals surface area contributed by atoms with E-state index in [9.17, 15) is 9.59 Å². The van der Waals surface area contributed by atoms with Gasteiger partial charge in [0.15, 0.2) is 0 Å². The number of aliphatic carboxylic acids is 1. The number of H-pyrrole nitrogens is 1. The molecule has 0 saturated heterocycles. The van der Waals surface area contributed by atoms with Crippen LogP contribution in [0.25, 0.3) is 0 Å². The third kappa shape index (κ3) is 1.24. The van der Waals surface area contributed by atoms with Crippen molar-refractivity contribution in [3.05, 3.63) is 33.7 Å². The smallest absolute Gasteiger partial charge is 0.312 e. The number of fused-ring (bicyclic) bond motifs is 1. The lowest BCUT2D eigenvalue weighted by atomic mass is 10.1. The summed E-state index contributed by atoms with van der Waals surface area (Å²) in [5.74, 6) is -1.38. The topological polar surface area (TPSA) is 70.2 Å². The zero-order valence-corrected chi connectivity index (χ0v) is 6.91. The first-order valence-corrected chi connectivity index (χ1v) is 4.13. The van der Waals surface area contributed by atoms with Crippen LogP contribution in [-0.2, 0) is 11.2 Å². The van der Waals surface area contributed by atoms with E-state index in [4.69, 9.17) is 5.11 Å². The van der Waals surface area contributed by atoms with Crippen LogP contribution in [0.4, 0.5) is 0 Å². The molecular weight excluding hydrogens is 170 g/mol. The van der Waals surface area contributed by atoms with Crippen LogP contribution in [-0.4, -0.2) is 16.1 Å². The van der Waals surface area contributed by atoms with E-state index in [1.807, 2.05) is 0 Å². The number of nitrogens with one attached hydrogen (secondary N) is 1. The summed E-state index contributed by atoms with van der Waals surface area (Å²) in [6.07, 6.45) is 1.33. The molecule has 0 bridgehead atoms. The number of hydrogen-bond acceptors (Lipinski definition) is 2. The van der Waals surface area contributed by atoms with Gasteiger partial charge >= 0.3 is 5.97 Å². The monoisotopic (exact) mass is 179 g/mol. The highest BCUT2D eigenvalue weighted by atomic mass is 16.4. The lowest BCUT2D eigenvalue weighted by Crippen LogP contribution is -2.14. The maximum absolute atomic E-state index is 10.9. The van der Waals surface area contributed by atoms with E-state index < -0.39 is 11.9 Å². The van der Waals surface area contributed by atoms with Gasteiger partial charge in [-0.3, -0.25) is 9.59 Å². The lowest BCUT2D eigenvalue weighted by Gasteiger charge is -2.03. The fraction of sp³-hybridized carbons (Fsp3) is 0.333. The molecule has 0 aromatic carbocycles. The van der Waals surface area contributed by atoms with Crippen molar-refractivity contribution in [3.63, 3.8) is 0 Å². The first kappa shape index (κ1) is 8.04. The van der Waals surface area contributed by atoms with E-state index in [1.54, 1.807) is 6.07 Å². The summed E-state index contributed by atoms with van der Waals surface area (Å²) in [5.41, 5.74) is 1.30. The molecular formula is C9H9NO3. The van der Waals surface area contributed by atoms with Gasteiger partial charge < -0.3 is 10.1 Å². The average molecular weight is 179 g/mol. The zero-order valence-electron chi connectivity index (χ0n) is 6.91. The average Bonchev–Trinajstić information content (AvgIpc) is 2.46. The van der Waals surface area contributed by atoms with Crippen LogP contribution in [0.15, 0.2) is 16.9 Å². The quantitative estimate of drug-likeness (QED) is 0.659. The summed E-state index contributed by atoms with van der Waals surface area (Å²) in [7, 11) is 0. The highest BCUT2D eigenvalue weighted by Crippen LogP contribution is 2.30. The second-order valence-electron chi connectivity index (χ2n) is 3.19. The standard InChI is InChI=1S/C9H9NO3/c11-7-4-2-5-1-3-6(9(12)13)8(5)10-7/h2,4,6H,1,3H2,(H,10,11)(H,12,13)/t6-/m0/s1. The van der Waals surface area contributed by atoms with E-state index in [0.717, 1.165) is 12.0 Å². The Kier molecular flexibility index (Phi) is 1.69. The first-order chi connectivity index (χ1) is 6.18. The molecule has 1 aliphatic rings. The molecule has 2 rings (SSSR count). The second-order valence-corrected chi connectivity index (χ2v) is 3.19. The van der Waals surface area contributed by atoms with E-state index in [-0.39, 0.29) is 5.56 Å². The Morgan fingerprint density at radius 3 is 3.00 bits per heavy atom. The third-order valence-corrected chi connectivity index (χ3v) is 2.39. The number of carboxylic acid groups (broad SMARTS) is 1. The number of rotatable bonds is 1. The van der Waals surface area contributed by atoms with Gasteiger partial charge in [0.25, 0.3) is 0 Å². The maximum Gasteiger partial charge on any atom is 0.312 e. The van der Waals surface area contributed by atoms with E-state index >= 15 is 0 Å². The van der Waals surface area contributed by atoms with Gasteiger partial charge in [-0.2, -0.15) is 0 Å². The van der Waals surface area contributed by atoms with Crippen molar-refractivity contribution in [3.8, 4) is 0 Å². The van der Waals surface area contributed by atoms with Gasteiger partial charge in [-0.1, -0.05) is 6.07 Å². The van der Waals surface area contributed by atoms with Crippen molar-refractivity contribution in [1.29, 1.82) is 0 Å². The van der Waals surface area contributed by atoms with Crippen LogP contribution < -0.4 is 5.56 Å². The highest BCUT2D eigenvalue weighted by molar-refractivity contribution is 5.76. The largest absolute Gasteiger partial charge is 0.481 e. The van der Waals surface area contributed by atoms with Crippen LogP contribution in [0.2, 0.25) is 0 Å². The fourth-order valence-corrected chi connectivity index (χ4v) is 1.74. The first-order valence-electron chi connectivity index (χ1n) is 4.13. The molecule has 1 heterocycles. The molecule has 4 heteroatoms. The Balaban J connectivity index is 2.52. The van der Waals surface area contributed by atoms with Crippen molar-refractivity contribution >= 4 is 5.97 Å². The van der Waals surface area contributed by atoms with Crippen molar-refractivity contribution in [2.75, 3.05) is 0 Å². The minimum Gasteiger partial charge on any atom is -0.481 e. The van der Waals surface area contributed by atoms with Crippen molar-refractivity contribution in [2.24, 2.45) is 0 Å². The zero-order chi connectivity index (χ0) is 9.42. The minimum atomic E-state index is -0.861. The fourth-order valence-electron chi connectivity index (χ4n) is 1.74.